The van der Waals surface area contributed by atoms with Crippen LogP contribution in [0.4, 0.5) is 4.39 Å². The van der Waals surface area contributed by atoms with Gasteiger partial charge in [-0.05, 0) is 36.4 Å². The van der Waals surface area contributed by atoms with Crippen LogP contribution in [0, 0.1) is 5.82 Å². The Morgan fingerprint density at radius 2 is 2.11 bits per heavy atom. The number of nitrogens with zero attached hydrogens (tertiary/aromatic N) is 1. The van der Waals surface area contributed by atoms with Crippen molar-refractivity contribution in [3.63, 3.8) is 0 Å². The summed E-state index contributed by atoms with van der Waals surface area (Å²) in [7, 11) is 0. The van der Waals surface area contributed by atoms with Crippen molar-refractivity contribution in [2.24, 2.45) is 0 Å². The first-order chi connectivity index (χ1) is 8.75. The standard InChI is InChI=1S/C15H16FNS/c1-11(13-4-2-3-5-14(13)16)17-8-6-15-12(10-17)7-9-18-15/h2-5,7,9,11H,6,8,10H2,1H3. The molecule has 1 unspecified atom stereocenters. The number of rotatable bonds is 2. The third kappa shape index (κ3) is 2.08. The highest BCUT2D eigenvalue weighted by Gasteiger charge is 2.23. The number of benzene rings is 1. The molecule has 0 spiro atoms. The second-order valence-electron chi connectivity index (χ2n) is 4.79. The number of thiophene rings is 1. The summed E-state index contributed by atoms with van der Waals surface area (Å²) in [5, 5.41) is 2.15. The topological polar surface area (TPSA) is 3.24 Å². The fourth-order valence-electron chi connectivity index (χ4n) is 2.61. The van der Waals surface area contributed by atoms with Gasteiger partial charge in [-0.1, -0.05) is 18.2 Å². The number of hydrogen-bond acceptors (Lipinski definition) is 2. The lowest BCUT2D eigenvalue weighted by Crippen LogP contribution is -2.32. The Morgan fingerprint density at radius 1 is 1.28 bits per heavy atom. The Morgan fingerprint density at radius 3 is 2.94 bits per heavy atom. The normalized spacial score (nSPS) is 17.4. The van der Waals surface area contributed by atoms with Crippen LogP contribution in [0.3, 0.4) is 0 Å². The molecule has 0 amide bonds. The molecule has 1 aromatic carbocycles. The van der Waals surface area contributed by atoms with Crippen molar-refractivity contribution in [3.8, 4) is 0 Å². The van der Waals surface area contributed by atoms with E-state index in [2.05, 4.69) is 23.3 Å². The van der Waals surface area contributed by atoms with Gasteiger partial charge >= 0.3 is 0 Å². The van der Waals surface area contributed by atoms with Crippen LogP contribution >= 0.6 is 11.3 Å². The lowest BCUT2D eigenvalue weighted by molar-refractivity contribution is 0.190. The number of fused-ring (bicyclic) bond motifs is 1. The number of hydrogen-bond donors (Lipinski definition) is 0. The van der Waals surface area contributed by atoms with Gasteiger partial charge in [-0.2, -0.15) is 0 Å². The predicted octanol–water partition coefficient (Wildman–Crippen LogP) is 4.01. The van der Waals surface area contributed by atoms with Gasteiger partial charge in [0.25, 0.3) is 0 Å². The fraction of sp³-hybridized carbons (Fsp3) is 0.333. The average molecular weight is 261 g/mol. The maximum atomic E-state index is 13.8. The number of halogens is 1. The van der Waals surface area contributed by atoms with Crippen LogP contribution in [0.1, 0.15) is 29.0 Å². The van der Waals surface area contributed by atoms with Gasteiger partial charge in [0.05, 0.1) is 0 Å². The minimum Gasteiger partial charge on any atom is -0.292 e. The second kappa shape index (κ2) is 4.82. The summed E-state index contributed by atoms with van der Waals surface area (Å²) in [5.41, 5.74) is 2.21. The summed E-state index contributed by atoms with van der Waals surface area (Å²) in [6.07, 6.45) is 1.09. The van der Waals surface area contributed by atoms with Crippen LogP contribution in [0.15, 0.2) is 35.7 Å². The average Bonchev–Trinajstić information content (AvgIpc) is 2.85. The molecule has 3 heteroatoms. The zero-order valence-corrected chi connectivity index (χ0v) is 11.2. The quantitative estimate of drug-likeness (QED) is 0.789. The molecule has 1 aromatic heterocycles. The van der Waals surface area contributed by atoms with Gasteiger partial charge in [0.2, 0.25) is 0 Å². The third-order valence-corrected chi connectivity index (χ3v) is 4.76. The highest BCUT2D eigenvalue weighted by molar-refractivity contribution is 7.10. The Labute approximate surface area is 111 Å². The van der Waals surface area contributed by atoms with E-state index in [0.29, 0.717) is 0 Å². The molecule has 2 aromatic rings. The minimum absolute atomic E-state index is 0.0962. The largest absolute Gasteiger partial charge is 0.292 e. The van der Waals surface area contributed by atoms with Crippen LogP contribution < -0.4 is 0 Å². The van der Waals surface area contributed by atoms with Crippen LogP contribution in [-0.4, -0.2) is 11.4 Å². The first kappa shape index (κ1) is 11.9. The van der Waals surface area contributed by atoms with E-state index in [1.165, 1.54) is 10.4 Å². The van der Waals surface area contributed by atoms with Crippen molar-refractivity contribution < 1.29 is 4.39 Å². The molecule has 0 bridgehead atoms. The molecular formula is C15H16FNS. The van der Waals surface area contributed by atoms with Crippen molar-refractivity contribution in [3.05, 3.63) is 57.5 Å². The molecule has 94 valence electrons. The lowest BCUT2D eigenvalue weighted by Gasteiger charge is -2.32. The molecule has 0 N–H and O–H groups in total. The molecule has 18 heavy (non-hydrogen) atoms. The summed E-state index contributed by atoms with van der Waals surface area (Å²) in [5.74, 6) is -0.0962. The SMILES string of the molecule is CC(c1ccccc1F)N1CCc2sccc2C1. The summed E-state index contributed by atoms with van der Waals surface area (Å²) < 4.78 is 13.8. The van der Waals surface area contributed by atoms with Crippen LogP contribution in [0.2, 0.25) is 0 Å². The van der Waals surface area contributed by atoms with Crippen molar-refractivity contribution in [2.45, 2.75) is 25.9 Å². The van der Waals surface area contributed by atoms with E-state index < -0.39 is 0 Å². The first-order valence-corrected chi connectivity index (χ1v) is 7.17. The lowest BCUT2D eigenvalue weighted by atomic mass is 10.0. The Bertz CT molecular complexity index is 549. The monoisotopic (exact) mass is 261 g/mol. The smallest absolute Gasteiger partial charge is 0.127 e. The molecule has 1 nitrogen and oxygen atoms in total. The highest BCUT2D eigenvalue weighted by atomic mass is 32.1. The van der Waals surface area contributed by atoms with Crippen LogP contribution in [-0.2, 0) is 13.0 Å². The molecule has 0 aliphatic carbocycles. The summed E-state index contributed by atoms with van der Waals surface area (Å²) in [6, 6.07) is 9.43. The maximum absolute atomic E-state index is 13.8. The molecule has 0 fully saturated rings. The van der Waals surface area contributed by atoms with Crippen molar-refractivity contribution in [1.82, 2.24) is 4.90 Å². The summed E-state index contributed by atoms with van der Waals surface area (Å²) in [6.45, 7) is 4.05. The molecule has 1 aliphatic heterocycles. The zero-order chi connectivity index (χ0) is 12.5. The molecule has 0 saturated heterocycles. The molecule has 3 rings (SSSR count). The molecule has 1 atom stereocenters. The molecule has 0 radical (unpaired) electrons. The molecule has 1 aliphatic rings. The second-order valence-corrected chi connectivity index (χ2v) is 5.79. The van der Waals surface area contributed by atoms with Gasteiger partial charge in [-0.3, -0.25) is 4.90 Å². The summed E-state index contributed by atoms with van der Waals surface area (Å²) >= 11 is 1.84. The van der Waals surface area contributed by atoms with E-state index in [1.54, 1.807) is 12.1 Å². The Balaban J connectivity index is 1.83. The van der Waals surface area contributed by atoms with E-state index in [1.807, 2.05) is 23.5 Å². The Hall–Kier alpha value is -1.19. The van der Waals surface area contributed by atoms with E-state index >= 15 is 0 Å². The van der Waals surface area contributed by atoms with Crippen LogP contribution in [0.5, 0.6) is 0 Å². The molecule has 2 heterocycles. The van der Waals surface area contributed by atoms with E-state index in [9.17, 15) is 4.39 Å². The predicted molar refractivity (Wildman–Crippen MR) is 73.2 cm³/mol. The van der Waals surface area contributed by atoms with Crippen LogP contribution in [0.25, 0.3) is 0 Å². The van der Waals surface area contributed by atoms with E-state index in [0.717, 1.165) is 25.1 Å². The van der Waals surface area contributed by atoms with Gasteiger partial charge in [0.1, 0.15) is 5.82 Å². The van der Waals surface area contributed by atoms with E-state index in [4.69, 9.17) is 0 Å². The van der Waals surface area contributed by atoms with Gasteiger partial charge < -0.3 is 0 Å². The highest BCUT2D eigenvalue weighted by Crippen LogP contribution is 2.30. The van der Waals surface area contributed by atoms with Crippen molar-refractivity contribution in [2.75, 3.05) is 6.54 Å². The fourth-order valence-corrected chi connectivity index (χ4v) is 3.50. The van der Waals surface area contributed by atoms with E-state index in [-0.39, 0.29) is 11.9 Å². The van der Waals surface area contributed by atoms with Crippen molar-refractivity contribution in [1.29, 1.82) is 0 Å². The maximum Gasteiger partial charge on any atom is 0.127 e. The zero-order valence-electron chi connectivity index (χ0n) is 10.4. The first-order valence-electron chi connectivity index (χ1n) is 6.29. The summed E-state index contributed by atoms with van der Waals surface area (Å²) in [4.78, 5) is 3.85. The van der Waals surface area contributed by atoms with Gasteiger partial charge in [-0.15, -0.1) is 11.3 Å². The molecular weight excluding hydrogens is 245 g/mol. The minimum atomic E-state index is -0.0962. The third-order valence-electron chi connectivity index (χ3n) is 3.74. The van der Waals surface area contributed by atoms with Gasteiger partial charge in [0, 0.05) is 29.6 Å². The Kier molecular flexibility index (Phi) is 3.18. The van der Waals surface area contributed by atoms with Gasteiger partial charge in [-0.25, -0.2) is 4.39 Å². The van der Waals surface area contributed by atoms with Crippen molar-refractivity contribution >= 4 is 11.3 Å². The van der Waals surface area contributed by atoms with Gasteiger partial charge in [0.15, 0.2) is 0 Å². The molecule has 0 saturated carbocycles.